The Morgan fingerprint density at radius 1 is 1.03 bits per heavy atom. The highest BCUT2D eigenvalue weighted by Crippen LogP contribution is 2.33. The summed E-state index contributed by atoms with van der Waals surface area (Å²) in [5.41, 5.74) is 0.926. The van der Waals surface area contributed by atoms with E-state index in [1.807, 2.05) is 22.9 Å². The van der Waals surface area contributed by atoms with Crippen molar-refractivity contribution in [3.8, 4) is 10.4 Å². The van der Waals surface area contributed by atoms with Gasteiger partial charge in [0.05, 0.1) is 17.9 Å². The third-order valence-corrected chi connectivity index (χ3v) is 7.14. The third-order valence-electron chi connectivity index (χ3n) is 5.35. The van der Waals surface area contributed by atoms with Crippen LogP contribution < -0.4 is 5.56 Å². The molecule has 4 aromatic rings. The number of aromatic nitrogens is 4. The molecule has 32 heavy (non-hydrogen) atoms. The quantitative estimate of drug-likeness (QED) is 0.456. The number of nitrogens with zero attached hydrogens (tertiary/aromatic N) is 6. The Kier molecular flexibility index (Phi) is 5.50. The van der Waals surface area contributed by atoms with Crippen molar-refractivity contribution in [1.82, 2.24) is 29.3 Å². The molecular formula is C21H18N6O3S2. The van der Waals surface area contributed by atoms with Crippen LogP contribution in [-0.4, -0.2) is 67.3 Å². The largest absolute Gasteiger partial charge is 0.338 e. The average Bonchev–Trinajstić information content (AvgIpc) is 3.51. The van der Waals surface area contributed by atoms with Crippen LogP contribution in [0, 0.1) is 0 Å². The fourth-order valence-electron chi connectivity index (χ4n) is 3.67. The van der Waals surface area contributed by atoms with Crippen LogP contribution in [0.5, 0.6) is 0 Å². The first-order valence-electron chi connectivity index (χ1n) is 9.95. The van der Waals surface area contributed by atoms with Crippen LogP contribution in [-0.2, 0) is 11.3 Å². The number of carbonyl (C=O) groups is 2. The molecule has 1 fully saturated rings. The fourth-order valence-corrected chi connectivity index (χ4v) is 5.39. The van der Waals surface area contributed by atoms with Gasteiger partial charge in [-0.3, -0.25) is 23.9 Å². The molecule has 11 heteroatoms. The summed E-state index contributed by atoms with van der Waals surface area (Å²) < 4.78 is 1.37. The molecule has 1 aliphatic heterocycles. The molecule has 0 aliphatic carbocycles. The first-order valence-corrected chi connectivity index (χ1v) is 11.7. The molecule has 0 spiro atoms. The zero-order valence-electron chi connectivity index (χ0n) is 16.9. The van der Waals surface area contributed by atoms with E-state index in [2.05, 4.69) is 15.0 Å². The summed E-state index contributed by atoms with van der Waals surface area (Å²) in [6.07, 6.45) is 5.86. The lowest BCUT2D eigenvalue weighted by Crippen LogP contribution is -2.51. The summed E-state index contributed by atoms with van der Waals surface area (Å²) >= 11 is 2.99. The second-order valence-electron chi connectivity index (χ2n) is 7.25. The minimum atomic E-state index is -0.218. The lowest BCUT2D eigenvalue weighted by molar-refractivity contribution is -0.133. The first kappa shape index (κ1) is 20.5. The molecule has 0 bridgehead atoms. The van der Waals surface area contributed by atoms with Crippen molar-refractivity contribution in [3.05, 3.63) is 63.9 Å². The minimum absolute atomic E-state index is 0.0837. The van der Waals surface area contributed by atoms with E-state index in [4.69, 9.17) is 0 Å². The monoisotopic (exact) mass is 466 g/mol. The topological polar surface area (TPSA) is 101 Å². The van der Waals surface area contributed by atoms with Gasteiger partial charge >= 0.3 is 0 Å². The summed E-state index contributed by atoms with van der Waals surface area (Å²) in [5.74, 6) is -0.373. The maximum absolute atomic E-state index is 13.1. The molecule has 162 valence electrons. The molecule has 0 unspecified atom stereocenters. The molecule has 5 heterocycles. The number of amides is 2. The number of hydrogen-bond acceptors (Lipinski definition) is 8. The van der Waals surface area contributed by atoms with E-state index in [-0.39, 0.29) is 29.6 Å². The van der Waals surface area contributed by atoms with E-state index >= 15 is 0 Å². The molecule has 9 nitrogen and oxygen atoms in total. The number of piperazine rings is 1. The van der Waals surface area contributed by atoms with E-state index in [0.29, 0.717) is 36.4 Å². The highest BCUT2D eigenvalue weighted by Gasteiger charge is 2.26. The fraction of sp³-hybridized carbons (Fsp3) is 0.238. The van der Waals surface area contributed by atoms with Crippen molar-refractivity contribution in [3.63, 3.8) is 0 Å². The molecule has 0 saturated carbocycles. The van der Waals surface area contributed by atoms with Crippen molar-refractivity contribution in [2.45, 2.75) is 6.54 Å². The molecule has 4 aromatic heterocycles. The zero-order chi connectivity index (χ0) is 22.1. The lowest BCUT2D eigenvalue weighted by atomic mass is 10.2. The van der Waals surface area contributed by atoms with Gasteiger partial charge < -0.3 is 9.80 Å². The Hall–Kier alpha value is -3.44. The van der Waals surface area contributed by atoms with E-state index in [9.17, 15) is 14.4 Å². The summed E-state index contributed by atoms with van der Waals surface area (Å²) in [7, 11) is 0. The molecule has 2 amide bonds. The number of hydrogen-bond donors (Lipinski definition) is 0. The van der Waals surface area contributed by atoms with Gasteiger partial charge in [0.1, 0.15) is 17.1 Å². The number of rotatable bonds is 4. The van der Waals surface area contributed by atoms with Gasteiger partial charge in [0.2, 0.25) is 5.91 Å². The SMILES string of the molecule is O=C(Cn1cnc2scc(-c3cccs3)c2c1=O)N1CCN(C(=O)c2cnccn2)CC1. The van der Waals surface area contributed by atoms with Gasteiger partial charge in [-0.15, -0.1) is 22.7 Å². The number of fused-ring (bicyclic) bond motifs is 1. The first-order chi connectivity index (χ1) is 15.6. The molecule has 0 radical (unpaired) electrons. The van der Waals surface area contributed by atoms with Gasteiger partial charge in [0.15, 0.2) is 0 Å². The Morgan fingerprint density at radius 3 is 2.56 bits per heavy atom. The third kappa shape index (κ3) is 3.80. The predicted molar refractivity (Wildman–Crippen MR) is 122 cm³/mol. The number of carbonyl (C=O) groups excluding carboxylic acids is 2. The Morgan fingerprint density at radius 2 is 1.84 bits per heavy atom. The van der Waals surface area contributed by atoms with Crippen LogP contribution in [0.3, 0.4) is 0 Å². The van der Waals surface area contributed by atoms with Crippen molar-refractivity contribution in [2.75, 3.05) is 26.2 Å². The van der Waals surface area contributed by atoms with Gasteiger partial charge in [-0.05, 0) is 11.4 Å². The highest BCUT2D eigenvalue weighted by molar-refractivity contribution is 7.18. The molecule has 1 saturated heterocycles. The van der Waals surface area contributed by atoms with Crippen LogP contribution in [0.1, 0.15) is 10.5 Å². The van der Waals surface area contributed by atoms with Crippen LogP contribution in [0.4, 0.5) is 0 Å². The maximum Gasteiger partial charge on any atom is 0.274 e. The van der Waals surface area contributed by atoms with Gasteiger partial charge in [-0.2, -0.15) is 0 Å². The second kappa shape index (κ2) is 8.60. The molecule has 0 N–H and O–H groups in total. The van der Waals surface area contributed by atoms with Crippen molar-refractivity contribution < 1.29 is 9.59 Å². The van der Waals surface area contributed by atoms with Gasteiger partial charge in [-0.25, -0.2) is 9.97 Å². The van der Waals surface area contributed by atoms with Gasteiger partial charge in [0, 0.05) is 54.4 Å². The van der Waals surface area contributed by atoms with Crippen LogP contribution in [0.2, 0.25) is 0 Å². The molecule has 0 aromatic carbocycles. The zero-order valence-corrected chi connectivity index (χ0v) is 18.5. The van der Waals surface area contributed by atoms with E-state index in [1.54, 1.807) is 21.1 Å². The molecule has 5 rings (SSSR count). The van der Waals surface area contributed by atoms with E-state index < -0.39 is 0 Å². The van der Waals surface area contributed by atoms with Gasteiger partial charge in [0.25, 0.3) is 11.5 Å². The Balaban J connectivity index is 1.29. The van der Waals surface area contributed by atoms with E-state index in [1.165, 1.54) is 40.8 Å². The van der Waals surface area contributed by atoms with E-state index in [0.717, 1.165) is 10.4 Å². The van der Waals surface area contributed by atoms with Crippen molar-refractivity contribution in [1.29, 1.82) is 0 Å². The van der Waals surface area contributed by atoms with Crippen LogP contribution in [0.25, 0.3) is 20.7 Å². The van der Waals surface area contributed by atoms with Crippen LogP contribution >= 0.6 is 22.7 Å². The molecule has 0 atom stereocenters. The standard InChI is InChI=1S/C21H18N6O3S2/c28-17(25-5-7-26(8-6-25)20(29)15-10-22-3-4-23-15)11-27-13-24-19-18(21(27)30)14(12-32-19)16-2-1-9-31-16/h1-4,9-10,12-13H,5-8,11H2. The molecular weight excluding hydrogens is 448 g/mol. The highest BCUT2D eigenvalue weighted by atomic mass is 32.1. The summed E-state index contributed by atoms with van der Waals surface area (Å²) in [5, 5.41) is 4.45. The van der Waals surface area contributed by atoms with Crippen molar-refractivity contribution in [2.24, 2.45) is 0 Å². The molecule has 1 aliphatic rings. The summed E-state index contributed by atoms with van der Waals surface area (Å²) in [6.45, 7) is 1.52. The maximum atomic E-state index is 13.1. The Bertz CT molecular complexity index is 1320. The lowest BCUT2D eigenvalue weighted by Gasteiger charge is -2.34. The Labute approximate surface area is 190 Å². The smallest absolute Gasteiger partial charge is 0.274 e. The minimum Gasteiger partial charge on any atom is -0.338 e. The predicted octanol–water partition coefficient (Wildman–Crippen LogP) is 1.96. The summed E-state index contributed by atoms with van der Waals surface area (Å²) in [4.78, 5) is 55.9. The van der Waals surface area contributed by atoms with Crippen molar-refractivity contribution >= 4 is 44.7 Å². The normalized spacial score (nSPS) is 14.1. The van der Waals surface area contributed by atoms with Crippen LogP contribution in [0.15, 0.2) is 52.6 Å². The summed E-state index contributed by atoms with van der Waals surface area (Å²) in [6, 6.07) is 3.91. The second-order valence-corrected chi connectivity index (χ2v) is 9.05. The van der Waals surface area contributed by atoms with Gasteiger partial charge in [-0.1, -0.05) is 6.07 Å². The average molecular weight is 467 g/mol. The number of thiophene rings is 2.